The highest BCUT2D eigenvalue weighted by molar-refractivity contribution is 5.94. The van der Waals surface area contributed by atoms with Gasteiger partial charge in [-0.3, -0.25) is 9.59 Å². The summed E-state index contributed by atoms with van der Waals surface area (Å²) < 4.78 is 31.7. The van der Waals surface area contributed by atoms with Crippen LogP contribution in [-0.4, -0.2) is 18.4 Å². The molecule has 3 rings (SSSR count). The molecule has 1 aliphatic carbocycles. The highest BCUT2D eigenvalue weighted by Crippen LogP contribution is 2.30. The number of halogens is 2. The third-order valence-corrected chi connectivity index (χ3v) is 4.24. The Morgan fingerprint density at radius 1 is 1.15 bits per heavy atom. The van der Waals surface area contributed by atoms with Gasteiger partial charge in [-0.2, -0.15) is 0 Å². The quantitative estimate of drug-likeness (QED) is 0.779. The molecule has 0 spiro atoms. The Labute approximate surface area is 155 Å². The maximum absolute atomic E-state index is 13.3. The molecule has 2 aromatic rings. The summed E-state index contributed by atoms with van der Waals surface area (Å²) in [5.41, 5.74) is 1.06. The highest BCUT2D eigenvalue weighted by atomic mass is 19.2. The lowest BCUT2D eigenvalue weighted by atomic mass is 10.1. The van der Waals surface area contributed by atoms with Crippen molar-refractivity contribution in [2.45, 2.75) is 25.8 Å². The summed E-state index contributed by atoms with van der Waals surface area (Å²) in [7, 11) is 0. The number of carbonyl (C=O) groups excluding carboxylic acids is 2. The number of hydrogen-bond donors (Lipinski definition) is 2. The lowest BCUT2D eigenvalue weighted by Gasteiger charge is -2.15. The minimum absolute atomic E-state index is 0.00903. The first kappa shape index (κ1) is 18.8. The van der Waals surface area contributed by atoms with E-state index >= 15 is 0 Å². The van der Waals surface area contributed by atoms with Crippen molar-refractivity contribution in [3.05, 3.63) is 59.7 Å². The van der Waals surface area contributed by atoms with Gasteiger partial charge in [-0.25, -0.2) is 8.78 Å². The Morgan fingerprint density at radius 3 is 2.63 bits per heavy atom. The normalized spacial score (nSPS) is 14.3. The van der Waals surface area contributed by atoms with Crippen LogP contribution in [0.15, 0.2) is 42.5 Å². The molecule has 0 aromatic heterocycles. The van der Waals surface area contributed by atoms with Gasteiger partial charge in [-0.1, -0.05) is 12.1 Å². The third-order valence-electron chi connectivity index (χ3n) is 4.24. The molecule has 0 unspecified atom stereocenters. The summed E-state index contributed by atoms with van der Waals surface area (Å²) in [6, 6.07) is 9.78. The van der Waals surface area contributed by atoms with Gasteiger partial charge in [0, 0.05) is 17.7 Å². The van der Waals surface area contributed by atoms with Crippen LogP contribution in [0.1, 0.15) is 31.4 Å². The van der Waals surface area contributed by atoms with Crippen LogP contribution >= 0.6 is 0 Å². The molecular formula is C20H20F2N2O3. The number of carbonyl (C=O) groups is 2. The van der Waals surface area contributed by atoms with Gasteiger partial charge in [0.15, 0.2) is 18.2 Å². The number of amides is 2. The molecule has 0 heterocycles. The standard InChI is InChI=1S/C20H20F2N2O3/c1-12(14-7-8-17(21)18(22)9-14)23-19(25)11-27-16-4-2-3-15(10-16)24-20(26)13-5-6-13/h2-4,7-10,12-13H,5-6,11H2,1H3,(H,23,25)(H,24,26)/t12-/m1/s1. The van der Waals surface area contributed by atoms with Gasteiger partial charge < -0.3 is 15.4 Å². The summed E-state index contributed by atoms with van der Waals surface area (Å²) in [6.45, 7) is 1.42. The van der Waals surface area contributed by atoms with E-state index in [9.17, 15) is 18.4 Å². The molecule has 1 fully saturated rings. The zero-order valence-corrected chi connectivity index (χ0v) is 14.8. The smallest absolute Gasteiger partial charge is 0.258 e. The fourth-order valence-electron chi connectivity index (χ4n) is 2.55. The minimum Gasteiger partial charge on any atom is -0.484 e. The fraction of sp³-hybridized carbons (Fsp3) is 0.300. The van der Waals surface area contributed by atoms with Crippen molar-refractivity contribution in [1.29, 1.82) is 0 Å². The van der Waals surface area contributed by atoms with Crippen LogP contribution in [0.5, 0.6) is 5.75 Å². The summed E-state index contributed by atoms with van der Waals surface area (Å²) in [5, 5.41) is 5.47. The second-order valence-electron chi connectivity index (χ2n) is 6.54. The maximum atomic E-state index is 13.3. The van der Waals surface area contributed by atoms with E-state index in [1.807, 2.05) is 0 Å². The van der Waals surface area contributed by atoms with Crippen LogP contribution in [0, 0.1) is 17.6 Å². The zero-order valence-electron chi connectivity index (χ0n) is 14.8. The predicted octanol–water partition coefficient (Wildman–Crippen LogP) is 3.57. The van der Waals surface area contributed by atoms with Crippen molar-refractivity contribution in [2.24, 2.45) is 5.92 Å². The largest absolute Gasteiger partial charge is 0.484 e. The maximum Gasteiger partial charge on any atom is 0.258 e. The summed E-state index contributed by atoms with van der Waals surface area (Å²) in [5.74, 6) is -1.77. The summed E-state index contributed by atoms with van der Waals surface area (Å²) in [6.07, 6.45) is 1.83. The number of nitrogens with one attached hydrogen (secondary N) is 2. The second kappa shape index (κ2) is 8.16. The van der Waals surface area contributed by atoms with Gasteiger partial charge in [-0.15, -0.1) is 0 Å². The van der Waals surface area contributed by atoms with Crippen molar-refractivity contribution < 1.29 is 23.1 Å². The first-order chi connectivity index (χ1) is 12.9. The summed E-state index contributed by atoms with van der Waals surface area (Å²) in [4.78, 5) is 23.8. The van der Waals surface area contributed by atoms with E-state index in [-0.39, 0.29) is 18.4 Å². The van der Waals surface area contributed by atoms with Gasteiger partial charge >= 0.3 is 0 Å². The fourth-order valence-corrected chi connectivity index (χ4v) is 2.55. The molecular weight excluding hydrogens is 354 g/mol. The molecule has 0 saturated heterocycles. The molecule has 1 saturated carbocycles. The average molecular weight is 374 g/mol. The van der Waals surface area contributed by atoms with Crippen LogP contribution in [0.4, 0.5) is 14.5 Å². The van der Waals surface area contributed by atoms with Crippen molar-refractivity contribution in [2.75, 3.05) is 11.9 Å². The monoisotopic (exact) mass is 374 g/mol. The van der Waals surface area contributed by atoms with Crippen molar-refractivity contribution in [3.8, 4) is 5.75 Å². The van der Waals surface area contributed by atoms with Crippen molar-refractivity contribution in [3.63, 3.8) is 0 Å². The Hall–Kier alpha value is -2.96. The van der Waals surface area contributed by atoms with E-state index in [0.29, 0.717) is 17.0 Å². The van der Waals surface area contributed by atoms with E-state index in [2.05, 4.69) is 10.6 Å². The van der Waals surface area contributed by atoms with Crippen LogP contribution < -0.4 is 15.4 Å². The molecule has 2 N–H and O–H groups in total. The third kappa shape index (κ3) is 5.26. The Morgan fingerprint density at radius 2 is 1.93 bits per heavy atom. The molecule has 5 nitrogen and oxygen atoms in total. The van der Waals surface area contributed by atoms with E-state index in [0.717, 1.165) is 25.0 Å². The molecule has 27 heavy (non-hydrogen) atoms. The predicted molar refractivity (Wildman–Crippen MR) is 96.2 cm³/mol. The number of ether oxygens (including phenoxy) is 1. The van der Waals surface area contributed by atoms with Gasteiger partial charge in [-0.05, 0) is 49.6 Å². The summed E-state index contributed by atoms with van der Waals surface area (Å²) >= 11 is 0. The first-order valence-corrected chi connectivity index (χ1v) is 8.70. The SMILES string of the molecule is C[C@@H](NC(=O)COc1cccc(NC(=O)C2CC2)c1)c1ccc(F)c(F)c1. The Kier molecular flexibility index (Phi) is 5.69. The molecule has 2 aromatic carbocycles. The van der Waals surface area contributed by atoms with E-state index in [1.54, 1.807) is 31.2 Å². The molecule has 0 aliphatic heterocycles. The number of hydrogen-bond acceptors (Lipinski definition) is 3. The van der Waals surface area contributed by atoms with E-state index < -0.39 is 23.6 Å². The van der Waals surface area contributed by atoms with Crippen molar-refractivity contribution in [1.82, 2.24) is 5.32 Å². The molecule has 142 valence electrons. The zero-order chi connectivity index (χ0) is 19.4. The average Bonchev–Trinajstić information content (AvgIpc) is 3.48. The highest BCUT2D eigenvalue weighted by Gasteiger charge is 2.29. The van der Waals surface area contributed by atoms with Gasteiger partial charge in [0.05, 0.1) is 6.04 Å². The van der Waals surface area contributed by atoms with Crippen molar-refractivity contribution >= 4 is 17.5 Å². The molecule has 7 heteroatoms. The van der Waals surface area contributed by atoms with Gasteiger partial charge in [0.25, 0.3) is 5.91 Å². The van der Waals surface area contributed by atoms with Gasteiger partial charge in [0.2, 0.25) is 5.91 Å². The van der Waals surface area contributed by atoms with Crippen LogP contribution in [0.3, 0.4) is 0 Å². The van der Waals surface area contributed by atoms with Crippen LogP contribution in [-0.2, 0) is 9.59 Å². The molecule has 1 atom stereocenters. The second-order valence-corrected chi connectivity index (χ2v) is 6.54. The molecule has 2 amide bonds. The van der Waals surface area contributed by atoms with Crippen LogP contribution in [0.25, 0.3) is 0 Å². The molecule has 1 aliphatic rings. The topological polar surface area (TPSA) is 67.4 Å². The molecule has 0 bridgehead atoms. The van der Waals surface area contributed by atoms with E-state index in [1.165, 1.54) is 6.07 Å². The minimum atomic E-state index is -0.963. The van der Waals surface area contributed by atoms with E-state index in [4.69, 9.17) is 4.74 Å². The lowest BCUT2D eigenvalue weighted by molar-refractivity contribution is -0.123. The number of benzene rings is 2. The Bertz CT molecular complexity index is 853. The van der Waals surface area contributed by atoms with Crippen LogP contribution in [0.2, 0.25) is 0 Å². The first-order valence-electron chi connectivity index (χ1n) is 8.70. The molecule has 0 radical (unpaired) electrons. The lowest BCUT2D eigenvalue weighted by Crippen LogP contribution is -2.31. The number of anilines is 1. The Balaban J connectivity index is 1.51. The van der Waals surface area contributed by atoms with Gasteiger partial charge in [0.1, 0.15) is 5.75 Å². The number of rotatable bonds is 7.